The molecule has 0 spiro atoms. The van der Waals surface area contributed by atoms with E-state index in [4.69, 9.17) is 0 Å². The van der Waals surface area contributed by atoms with Crippen molar-refractivity contribution in [3.63, 3.8) is 0 Å². The van der Waals surface area contributed by atoms with Gasteiger partial charge in [0.05, 0.1) is 6.33 Å². The highest BCUT2D eigenvalue weighted by molar-refractivity contribution is 5.94. The largest absolute Gasteiger partial charge is 0.396 e. The van der Waals surface area contributed by atoms with Crippen molar-refractivity contribution in [1.82, 2.24) is 14.9 Å². The Kier molecular flexibility index (Phi) is 5.64. The number of benzene rings is 1. The fourth-order valence-corrected chi connectivity index (χ4v) is 3.55. The lowest BCUT2D eigenvalue weighted by Crippen LogP contribution is -2.41. The zero-order valence-electron chi connectivity index (χ0n) is 13.9. The van der Waals surface area contributed by atoms with E-state index in [0.29, 0.717) is 17.9 Å². The molecule has 1 heterocycles. The molecule has 128 valence electrons. The maximum Gasteiger partial charge on any atom is 0.251 e. The van der Waals surface area contributed by atoms with Crippen molar-refractivity contribution in [2.24, 2.45) is 5.92 Å². The van der Waals surface area contributed by atoms with Crippen molar-refractivity contribution < 1.29 is 9.90 Å². The van der Waals surface area contributed by atoms with Gasteiger partial charge in [-0.1, -0.05) is 19.3 Å². The van der Waals surface area contributed by atoms with Gasteiger partial charge in [0.25, 0.3) is 5.91 Å². The minimum absolute atomic E-state index is 0.0591. The average molecular weight is 327 g/mol. The molecule has 0 aliphatic heterocycles. The standard InChI is InChI=1S/C19H25N3O2/c23-13-10-18(15-4-2-1-3-5-15)21-19(24)16-6-8-17(9-7-16)22-12-11-20-14-22/h6-9,11-12,14-15,18,23H,1-5,10,13H2,(H,21,24). The van der Waals surface area contributed by atoms with E-state index in [-0.39, 0.29) is 18.6 Å². The molecule has 3 rings (SSSR count). The van der Waals surface area contributed by atoms with Crippen molar-refractivity contribution in [2.45, 2.75) is 44.6 Å². The summed E-state index contributed by atoms with van der Waals surface area (Å²) in [5.74, 6) is 0.427. The van der Waals surface area contributed by atoms with E-state index in [1.165, 1.54) is 19.3 Å². The average Bonchev–Trinajstić information content (AvgIpc) is 3.17. The highest BCUT2D eigenvalue weighted by Crippen LogP contribution is 2.28. The van der Waals surface area contributed by atoms with Gasteiger partial charge in [-0.05, 0) is 49.4 Å². The molecule has 0 bridgehead atoms. The van der Waals surface area contributed by atoms with E-state index in [2.05, 4.69) is 10.3 Å². The Balaban J connectivity index is 1.65. The van der Waals surface area contributed by atoms with Crippen molar-refractivity contribution >= 4 is 5.91 Å². The quantitative estimate of drug-likeness (QED) is 0.857. The number of aromatic nitrogens is 2. The SMILES string of the molecule is O=C(NC(CCO)C1CCCCC1)c1ccc(-n2ccnc2)cc1. The second-order valence-corrected chi connectivity index (χ2v) is 6.51. The molecule has 0 saturated heterocycles. The Bertz CT molecular complexity index is 631. The Morgan fingerprint density at radius 3 is 2.62 bits per heavy atom. The number of nitrogens with one attached hydrogen (secondary N) is 1. The van der Waals surface area contributed by atoms with E-state index in [0.717, 1.165) is 18.5 Å². The summed E-state index contributed by atoms with van der Waals surface area (Å²) in [4.78, 5) is 16.6. The molecule has 2 N–H and O–H groups in total. The molecule has 1 aliphatic rings. The summed E-state index contributed by atoms with van der Waals surface area (Å²) < 4.78 is 1.90. The zero-order chi connectivity index (χ0) is 16.8. The van der Waals surface area contributed by atoms with Gasteiger partial charge in [-0.2, -0.15) is 0 Å². The minimum Gasteiger partial charge on any atom is -0.396 e. The Hall–Kier alpha value is -2.14. The van der Waals surface area contributed by atoms with Gasteiger partial charge in [0, 0.05) is 36.3 Å². The predicted octanol–water partition coefficient (Wildman–Crippen LogP) is 2.93. The summed E-state index contributed by atoms with van der Waals surface area (Å²) in [5.41, 5.74) is 1.63. The number of aliphatic hydroxyl groups is 1. The maximum absolute atomic E-state index is 12.6. The predicted molar refractivity (Wildman–Crippen MR) is 93.1 cm³/mol. The summed E-state index contributed by atoms with van der Waals surface area (Å²) in [6, 6.07) is 7.57. The number of hydrogen-bond acceptors (Lipinski definition) is 3. The molecule has 24 heavy (non-hydrogen) atoms. The van der Waals surface area contributed by atoms with Gasteiger partial charge in [0.15, 0.2) is 0 Å². The van der Waals surface area contributed by atoms with Crippen LogP contribution in [0.3, 0.4) is 0 Å². The van der Waals surface area contributed by atoms with Crippen molar-refractivity contribution in [2.75, 3.05) is 6.61 Å². The third kappa shape index (κ3) is 4.03. The Labute approximate surface area is 142 Å². The van der Waals surface area contributed by atoms with Crippen LogP contribution >= 0.6 is 0 Å². The summed E-state index contributed by atoms with van der Waals surface area (Å²) in [7, 11) is 0. The van der Waals surface area contributed by atoms with Crippen LogP contribution in [-0.4, -0.2) is 33.2 Å². The lowest BCUT2D eigenvalue weighted by molar-refractivity contribution is 0.0899. The van der Waals surface area contributed by atoms with Crippen molar-refractivity contribution in [3.8, 4) is 5.69 Å². The fourth-order valence-electron chi connectivity index (χ4n) is 3.55. The molecule has 1 amide bonds. The highest BCUT2D eigenvalue weighted by atomic mass is 16.3. The van der Waals surface area contributed by atoms with Crippen LogP contribution in [0, 0.1) is 5.92 Å². The number of carbonyl (C=O) groups excluding carboxylic acids is 1. The number of rotatable bonds is 6. The fraction of sp³-hybridized carbons (Fsp3) is 0.474. The van der Waals surface area contributed by atoms with Crippen molar-refractivity contribution in [3.05, 3.63) is 48.5 Å². The van der Waals surface area contributed by atoms with Crippen LogP contribution in [0.15, 0.2) is 43.0 Å². The van der Waals surface area contributed by atoms with Gasteiger partial charge < -0.3 is 15.0 Å². The second-order valence-electron chi connectivity index (χ2n) is 6.51. The number of aliphatic hydroxyl groups excluding tert-OH is 1. The van der Waals surface area contributed by atoms with Crippen LogP contribution in [0.4, 0.5) is 0 Å². The summed E-state index contributed by atoms with van der Waals surface area (Å²) in [5, 5.41) is 12.5. The second kappa shape index (κ2) is 8.11. The smallest absolute Gasteiger partial charge is 0.251 e. The van der Waals surface area contributed by atoms with Gasteiger partial charge in [0.2, 0.25) is 0 Å². The topological polar surface area (TPSA) is 67.2 Å². The van der Waals surface area contributed by atoms with E-state index in [1.54, 1.807) is 12.5 Å². The third-order valence-corrected chi connectivity index (χ3v) is 4.91. The first-order valence-electron chi connectivity index (χ1n) is 8.78. The summed E-state index contributed by atoms with van der Waals surface area (Å²) in [6.45, 7) is 0.112. The molecular formula is C19H25N3O2. The van der Waals surface area contributed by atoms with E-state index >= 15 is 0 Å². The van der Waals surface area contributed by atoms with Gasteiger partial charge in [-0.25, -0.2) is 4.98 Å². The van der Waals surface area contributed by atoms with Gasteiger partial charge in [-0.15, -0.1) is 0 Å². The number of hydrogen-bond donors (Lipinski definition) is 2. The van der Waals surface area contributed by atoms with Crippen molar-refractivity contribution in [1.29, 1.82) is 0 Å². The number of carbonyl (C=O) groups is 1. The molecule has 1 atom stereocenters. The van der Waals surface area contributed by atoms with E-state index < -0.39 is 0 Å². The molecule has 2 aromatic rings. The first kappa shape index (κ1) is 16.7. The third-order valence-electron chi connectivity index (χ3n) is 4.91. The van der Waals surface area contributed by atoms with Crippen LogP contribution in [0.5, 0.6) is 0 Å². The Morgan fingerprint density at radius 1 is 1.25 bits per heavy atom. The molecule has 0 radical (unpaired) electrons. The zero-order valence-corrected chi connectivity index (χ0v) is 13.9. The van der Waals surface area contributed by atoms with Gasteiger partial charge in [0.1, 0.15) is 0 Å². The summed E-state index contributed by atoms with van der Waals surface area (Å²) in [6.07, 6.45) is 12.0. The van der Waals surface area contributed by atoms with Crippen LogP contribution in [0.25, 0.3) is 5.69 Å². The van der Waals surface area contributed by atoms with E-state index in [9.17, 15) is 9.90 Å². The normalized spacial score (nSPS) is 16.7. The Morgan fingerprint density at radius 2 is 2.00 bits per heavy atom. The van der Waals surface area contributed by atoms with Gasteiger partial charge >= 0.3 is 0 Å². The molecule has 1 fully saturated rings. The molecule has 5 heteroatoms. The van der Waals surface area contributed by atoms with Crippen LogP contribution in [-0.2, 0) is 0 Å². The monoisotopic (exact) mass is 327 g/mol. The van der Waals surface area contributed by atoms with Crippen LogP contribution in [0.1, 0.15) is 48.9 Å². The highest BCUT2D eigenvalue weighted by Gasteiger charge is 2.25. The number of imidazole rings is 1. The first-order chi connectivity index (χ1) is 11.8. The van der Waals surface area contributed by atoms with Crippen LogP contribution < -0.4 is 5.32 Å². The lowest BCUT2D eigenvalue weighted by atomic mass is 9.82. The van der Waals surface area contributed by atoms with E-state index in [1.807, 2.05) is 35.0 Å². The van der Waals surface area contributed by atoms with Crippen LogP contribution in [0.2, 0.25) is 0 Å². The molecule has 1 unspecified atom stereocenters. The molecule has 1 aromatic heterocycles. The first-order valence-corrected chi connectivity index (χ1v) is 8.78. The lowest BCUT2D eigenvalue weighted by Gasteiger charge is -2.30. The minimum atomic E-state index is -0.0591. The molecule has 5 nitrogen and oxygen atoms in total. The number of amides is 1. The molecule has 1 saturated carbocycles. The maximum atomic E-state index is 12.6. The molecule has 1 aromatic carbocycles. The molecule has 1 aliphatic carbocycles. The molecular weight excluding hydrogens is 302 g/mol. The summed E-state index contributed by atoms with van der Waals surface area (Å²) >= 11 is 0. The van der Waals surface area contributed by atoms with Gasteiger partial charge in [-0.3, -0.25) is 4.79 Å². The number of nitrogens with zero attached hydrogens (tertiary/aromatic N) is 2.